The molecule has 0 atom stereocenters. The first-order valence-corrected chi connectivity index (χ1v) is 6.54. The van der Waals surface area contributed by atoms with E-state index in [1.54, 1.807) is 0 Å². The molecular formula is C16H12O7. The van der Waals surface area contributed by atoms with Gasteiger partial charge in [0.15, 0.2) is 17.3 Å². The van der Waals surface area contributed by atoms with E-state index in [2.05, 4.69) is 0 Å². The van der Waals surface area contributed by atoms with Gasteiger partial charge >= 0.3 is 0 Å². The summed E-state index contributed by atoms with van der Waals surface area (Å²) in [7, 11) is 2.60. The highest BCUT2D eigenvalue weighted by Gasteiger charge is 2.37. The van der Waals surface area contributed by atoms with E-state index >= 15 is 0 Å². The van der Waals surface area contributed by atoms with Crippen molar-refractivity contribution in [2.45, 2.75) is 0 Å². The Balaban J connectivity index is 2.38. The number of rotatable bonds is 2. The van der Waals surface area contributed by atoms with E-state index in [0.29, 0.717) is 0 Å². The summed E-state index contributed by atoms with van der Waals surface area (Å²) >= 11 is 0. The van der Waals surface area contributed by atoms with Crippen molar-refractivity contribution in [3.05, 3.63) is 40.5 Å². The average molecular weight is 316 g/mol. The number of fused-ring (bicyclic) bond motifs is 2. The number of methoxy groups -OCH3 is 2. The van der Waals surface area contributed by atoms with Crippen molar-refractivity contribution in [1.29, 1.82) is 0 Å². The van der Waals surface area contributed by atoms with E-state index in [4.69, 9.17) is 9.47 Å². The van der Waals surface area contributed by atoms with Crippen LogP contribution in [0.1, 0.15) is 31.8 Å². The number of ether oxygens (including phenoxy) is 2. The highest BCUT2D eigenvalue weighted by Crippen LogP contribution is 2.46. The molecule has 0 saturated carbocycles. The van der Waals surface area contributed by atoms with Crippen LogP contribution in [0.5, 0.6) is 28.7 Å². The molecule has 23 heavy (non-hydrogen) atoms. The predicted molar refractivity (Wildman–Crippen MR) is 77.8 cm³/mol. The van der Waals surface area contributed by atoms with Crippen LogP contribution in [0.2, 0.25) is 0 Å². The Morgan fingerprint density at radius 1 is 0.826 bits per heavy atom. The second-order valence-electron chi connectivity index (χ2n) is 4.93. The van der Waals surface area contributed by atoms with Crippen molar-refractivity contribution in [1.82, 2.24) is 0 Å². The lowest BCUT2D eigenvalue weighted by Crippen LogP contribution is -2.21. The van der Waals surface area contributed by atoms with Crippen LogP contribution in [0, 0.1) is 0 Å². The molecule has 7 nitrogen and oxygen atoms in total. The van der Waals surface area contributed by atoms with Gasteiger partial charge in [0, 0.05) is 17.2 Å². The Morgan fingerprint density at radius 2 is 1.48 bits per heavy atom. The lowest BCUT2D eigenvalue weighted by atomic mass is 9.82. The monoisotopic (exact) mass is 316 g/mol. The van der Waals surface area contributed by atoms with Gasteiger partial charge in [-0.15, -0.1) is 0 Å². The van der Waals surface area contributed by atoms with Crippen molar-refractivity contribution in [3.63, 3.8) is 0 Å². The summed E-state index contributed by atoms with van der Waals surface area (Å²) in [5.74, 6) is -2.82. The first-order chi connectivity index (χ1) is 10.9. The zero-order valence-corrected chi connectivity index (χ0v) is 12.2. The quantitative estimate of drug-likeness (QED) is 0.658. The molecule has 0 amide bonds. The van der Waals surface area contributed by atoms with Crippen molar-refractivity contribution < 1.29 is 34.4 Å². The van der Waals surface area contributed by atoms with Crippen LogP contribution >= 0.6 is 0 Å². The number of benzene rings is 2. The van der Waals surface area contributed by atoms with E-state index in [1.807, 2.05) is 0 Å². The van der Waals surface area contributed by atoms with Crippen molar-refractivity contribution >= 4 is 11.6 Å². The van der Waals surface area contributed by atoms with E-state index < -0.39 is 23.1 Å². The van der Waals surface area contributed by atoms with Crippen LogP contribution in [0.3, 0.4) is 0 Å². The second kappa shape index (κ2) is 4.91. The largest absolute Gasteiger partial charge is 0.508 e. The van der Waals surface area contributed by atoms with E-state index in [0.717, 1.165) is 12.1 Å². The van der Waals surface area contributed by atoms with Crippen molar-refractivity contribution in [3.8, 4) is 28.7 Å². The first kappa shape index (κ1) is 14.7. The summed E-state index contributed by atoms with van der Waals surface area (Å²) in [4.78, 5) is 25.2. The van der Waals surface area contributed by atoms with Gasteiger partial charge in [0.2, 0.25) is 11.5 Å². The summed E-state index contributed by atoms with van der Waals surface area (Å²) < 4.78 is 10.1. The molecule has 0 aliphatic heterocycles. The number of hydrogen-bond acceptors (Lipinski definition) is 7. The Kier molecular flexibility index (Phi) is 3.14. The standard InChI is InChI=1S/C16H12O7/c1-22-10-5-8-12(15(21)16(10)23-2)14(20)11-7(13(8)19)3-6(17)4-9(11)18/h3-5,17-18,21H,1-2H3. The Labute approximate surface area is 130 Å². The fourth-order valence-corrected chi connectivity index (χ4v) is 2.68. The number of hydrogen-bond donors (Lipinski definition) is 3. The first-order valence-electron chi connectivity index (χ1n) is 6.54. The molecule has 3 N–H and O–H groups in total. The normalized spacial score (nSPS) is 12.6. The number of carbonyl (C=O) groups excluding carboxylic acids is 2. The third-order valence-corrected chi connectivity index (χ3v) is 3.69. The van der Waals surface area contributed by atoms with Gasteiger partial charge in [-0.25, -0.2) is 0 Å². The Hall–Kier alpha value is -3.22. The maximum atomic E-state index is 12.6. The molecule has 2 aromatic carbocycles. The number of ketones is 2. The number of carbonyl (C=O) groups is 2. The third kappa shape index (κ3) is 1.90. The van der Waals surface area contributed by atoms with Crippen molar-refractivity contribution in [2.75, 3.05) is 14.2 Å². The van der Waals surface area contributed by atoms with Gasteiger partial charge < -0.3 is 24.8 Å². The predicted octanol–water partition coefficient (Wildman–Crippen LogP) is 1.60. The molecule has 0 fully saturated rings. The Bertz CT molecular complexity index is 867. The molecule has 0 aromatic heterocycles. The molecule has 0 bridgehead atoms. The molecule has 0 radical (unpaired) electrons. The SMILES string of the molecule is COc1cc2c(c(O)c1OC)C(=O)c1c(O)cc(O)cc1C2=O. The molecule has 1 aliphatic carbocycles. The lowest BCUT2D eigenvalue weighted by Gasteiger charge is -2.21. The summed E-state index contributed by atoms with van der Waals surface area (Å²) in [6.45, 7) is 0. The lowest BCUT2D eigenvalue weighted by molar-refractivity contribution is 0.0973. The topological polar surface area (TPSA) is 113 Å². The minimum atomic E-state index is -0.745. The highest BCUT2D eigenvalue weighted by atomic mass is 16.5. The molecule has 3 rings (SSSR count). The average Bonchev–Trinajstić information content (AvgIpc) is 2.50. The summed E-state index contributed by atoms with van der Waals surface area (Å²) in [6, 6.07) is 3.32. The highest BCUT2D eigenvalue weighted by molar-refractivity contribution is 6.30. The van der Waals surface area contributed by atoms with Gasteiger partial charge in [-0.3, -0.25) is 9.59 Å². The number of phenols is 3. The summed E-state index contributed by atoms with van der Waals surface area (Å²) in [6.07, 6.45) is 0. The number of phenolic OH excluding ortho intramolecular Hbond substituents is 3. The molecule has 118 valence electrons. The maximum Gasteiger partial charge on any atom is 0.203 e. The number of aromatic hydroxyl groups is 3. The van der Waals surface area contributed by atoms with Crippen molar-refractivity contribution in [2.24, 2.45) is 0 Å². The van der Waals surface area contributed by atoms with Gasteiger partial charge in [-0.1, -0.05) is 0 Å². The van der Waals surface area contributed by atoms with E-state index in [-0.39, 0.29) is 39.5 Å². The van der Waals surface area contributed by atoms with Gasteiger partial charge in [0.05, 0.1) is 25.3 Å². The zero-order chi connectivity index (χ0) is 16.9. The molecule has 2 aromatic rings. The molecule has 0 spiro atoms. The van der Waals surface area contributed by atoms with Crippen LogP contribution in [-0.4, -0.2) is 41.1 Å². The van der Waals surface area contributed by atoms with Gasteiger partial charge in [0.1, 0.15) is 11.5 Å². The van der Waals surface area contributed by atoms with Crippen LogP contribution in [0.4, 0.5) is 0 Å². The van der Waals surface area contributed by atoms with Gasteiger partial charge in [-0.2, -0.15) is 0 Å². The second-order valence-corrected chi connectivity index (χ2v) is 4.93. The van der Waals surface area contributed by atoms with Crippen LogP contribution in [-0.2, 0) is 0 Å². The molecule has 7 heteroatoms. The maximum absolute atomic E-state index is 12.6. The van der Waals surface area contributed by atoms with Gasteiger partial charge in [-0.05, 0) is 12.1 Å². The summed E-state index contributed by atoms with van der Waals surface area (Å²) in [5.41, 5.74) is -0.793. The van der Waals surface area contributed by atoms with Crippen LogP contribution < -0.4 is 9.47 Å². The van der Waals surface area contributed by atoms with E-state index in [1.165, 1.54) is 20.3 Å². The molecule has 0 heterocycles. The summed E-state index contributed by atoms with van der Waals surface area (Å²) in [5, 5.41) is 29.7. The zero-order valence-electron chi connectivity index (χ0n) is 12.2. The fraction of sp³-hybridized carbons (Fsp3) is 0.125. The molecular weight excluding hydrogens is 304 g/mol. The Morgan fingerprint density at radius 3 is 2.09 bits per heavy atom. The smallest absolute Gasteiger partial charge is 0.203 e. The third-order valence-electron chi connectivity index (χ3n) is 3.69. The minimum Gasteiger partial charge on any atom is -0.508 e. The molecule has 0 saturated heterocycles. The molecule has 1 aliphatic rings. The van der Waals surface area contributed by atoms with Gasteiger partial charge in [0.25, 0.3) is 0 Å². The fourth-order valence-electron chi connectivity index (χ4n) is 2.68. The van der Waals surface area contributed by atoms with Crippen LogP contribution in [0.15, 0.2) is 18.2 Å². The van der Waals surface area contributed by atoms with E-state index in [9.17, 15) is 24.9 Å². The minimum absolute atomic E-state index is 0.0812. The molecule has 0 unspecified atom stereocenters. The van der Waals surface area contributed by atoms with Crippen LogP contribution in [0.25, 0.3) is 0 Å².